The van der Waals surface area contributed by atoms with Crippen LogP contribution in [0.2, 0.25) is 0 Å². The van der Waals surface area contributed by atoms with E-state index < -0.39 is 5.97 Å². The fourth-order valence-corrected chi connectivity index (χ4v) is 3.90. The molecule has 1 N–H and O–H groups in total. The van der Waals surface area contributed by atoms with E-state index in [0.29, 0.717) is 12.1 Å². The van der Waals surface area contributed by atoms with Gasteiger partial charge in [0.25, 0.3) is 0 Å². The molecule has 6 heteroatoms. The van der Waals surface area contributed by atoms with E-state index in [2.05, 4.69) is 14.5 Å². The molecular formula is C12H17N3O2S. The van der Waals surface area contributed by atoms with Crippen LogP contribution in [0.3, 0.4) is 0 Å². The Morgan fingerprint density at radius 3 is 3.17 bits per heavy atom. The second-order valence-corrected chi connectivity index (χ2v) is 5.84. The molecule has 98 valence electrons. The Hall–Kier alpha value is -1.01. The molecule has 2 aliphatic rings. The number of aromatic nitrogens is 2. The van der Waals surface area contributed by atoms with Crippen LogP contribution in [0.4, 0.5) is 0 Å². The number of carboxylic acid groups (broad SMARTS) is 1. The van der Waals surface area contributed by atoms with Crippen molar-refractivity contribution in [2.24, 2.45) is 0 Å². The average molecular weight is 267 g/mol. The van der Waals surface area contributed by atoms with Crippen LogP contribution in [0.15, 0.2) is 17.6 Å². The average Bonchev–Trinajstić information content (AvgIpc) is 3.01. The zero-order chi connectivity index (χ0) is 12.5. The number of carbonyl (C=O) groups is 1. The van der Waals surface area contributed by atoms with Crippen LogP contribution in [0, 0.1) is 0 Å². The molecule has 1 aromatic rings. The highest BCUT2D eigenvalue weighted by molar-refractivity contribution is 7.99. The van der Waals surface area contributed by atoms with Crippen LogP contribution in [0.1, 0.15) is 25.3 Å². The predicted octanol–water partition coefficient (Wildman–Crippen LogP) is 1.47. The summed E-state index contributed by atoms with van der Waals surface area (Å²) in [5, 5.41) is 9.60. The van der Waals surface area contributed by atoms with Crippen molar-refractivity contribution in [1.82, 2.24) is 14.5 Å². The van der Waals surface area contributed by atoms with E-state index in [1.807, 2.05) is 6.20 Å². The van der Waals surface area contributed by atoms with Crippen molar-refractivity contribution in [1.29, 1.82) is 0 Å². The molecule has 0 spiro atoms. The number of rotatable bonds is 4. The Morgan fingerprint density at radius 2 is 2.33 bits per heavy atom. The standard InChI is InChI=1S/C12H17N3O2S/c16-11(17)8-18-12-13-4-7-15(12)10-3-6-14-5-1-2-9(10)14/h4,7,9-10H,1-3,5-6,8H2,(H,16,17). The van der Waals surface area contributed by atoms with Crippen LogP contribution < -0.4 is 0 Å². The van der Waals surface area contributed by atoms with E-state index >= 15 is 0 Å². The van der Waals surface area contributed by atoms with Gasteiger partial charge in [0.05, 0.1) is 11.8 Å². The maximum absolute atomic E-state index is 10.6. The molecule has 3 rings (SSSR count). The summed E-state index contributed by atoms with van der Waals surface area (Å²) < 4.78 is 2.18. The molecule has 0 aliphatic carbocycles. The lowest BCUT2D eigenvalue weighted by molar-refractivity contribution is -0.133. The molecule has 1 aromatic heterocycles. The normalized spacial score (nSPS) is 27.6. The summed E-state index contributed by atoms with van der Waals surface area (Å²) in [6, 6.07) is 1.11. The predicted molar refractivity (Wildman–Crippen MR) is 68.8 cm³/mol. The highest BCUT2D eigenvalue weighted by Crippen LogP contribution is 2.37. The SMILES string of the molecule is O=C(O)CSc1nccn1C1CCN2CCCC12. The number of fused-ring (bicyclic) bond motifs is 1. The van der Waals surface area contributed by atoms with Gasteiger partial charge in [-0.3, -0.25) is 9.69 Å². The first-order valence-corrected chi connectivity index (χ1v) is 7.36. The lowest BCUT2D eigenvalue weighted by Gasteiger charge is -2.22. The van der Waals surface area contributed by atoms with Crippen molar-refractivity contribution >= 4 is 17.7 Å². The topological polar surface area (TPSA) is 58.4 Å². The minimum atomic E-state index is -0.788. The molecule has 3 heterocycles. The quantitative estimate of drug-likeness (QED) is 0.837. The van der Waals surface area contributed by atoms with E-state index in [-0.39, 0.29) is 5.75 Å². The van der Waals surface area contributed by atoms with E-state index in [0.717, 1.165) is 18.1 Å². The Bertz CT molecular complexity index is 448. The number of imidazole rings is 1. The smallest absolute Gasteiger partial charge is 0.313 e. The summed E-state index contributed by atoms with van der Waals surface area (Å²) in [5.74, 6) is -0.707. The van der Waals surface area contributed by atoms with Crippen LogP contribution in [0.5, 0.6) is 0 Å². The summed E-state index contributed by atoms with van der Waals surface area (Å²) in [5.41, 5.74) is 0. The van der Waals surface area contributed by atoms with E-state index in [1.165, 1.54) is 31.1 Å². The fraction of sp³-hybridized carbons (Fsp3) is 0.667. The highest BCUT2D eigenvalue weighted by Gasteiger charge is 2.38. The van der Waals surface area contributed by atoms with Gasteiger partial charge in [-0.25, -0.2) is 4.98 Å². The van der Waals surface area contributed by atoms with Crippen LogP contribution >= 0.6 is 11.8 Å². The first-order valence-electron chi connectivity index (χ1n) is 6.37. The maximum Gasteiger partial charge on any atom is 0.313 e. The lowest BCUT2D eigenvalue weighted by atomic mass is 10.1. The molecule has 2 atom stereocenters. The van der Waals surface area contributed by atoms with Crippen molar-refractivity contribution in [3.63, 3.8) is 0 Å². The van der Waals surface area contributed by atoms with Crippen molar-refractivity contribution < 1.29 is 9.90 Å². The number of hydrogen-bond acceptors (Lipinski definition) is 4. The van der Waals surface area contributed by atoms with E-state index in [1.54, 1.807) is 6.20 Å². The van der Waals surface area contributed by atoms with Crippen LogP contribution in [-0.2, 0) is 4.79 Å². The number of carboxylic acids is 1. The Labute approximate surface area is 110 Å². The van der Waals surface area contributed by atoms with Crippen molar-refractivity contribution in [2.45, 2.75) is 36.5 Å². The van der Waals surface area contributed by atoms with Gasteiger partial charge in [0.15, 0.2) is 5.16 Å². The molecule has 18 heavy (non-hydrogen) atoms. The fourth-order valence-electron chi connectivity index (χ4n) is 3.17. The molecule has 0 aromatic carbocycles. The lowest BCUT2D eigenvalue weighted by Crippen LogP contribution is -2.27. The second-order valence-electron chi connectivity index (χ2n) is 4.90. The number of aliphatic carboxylic acids is 1. The molecule has 2 saturated heterocycles. The Balaban J connectivity index is 1.76. The van der Waals surface area contributed by atoms with Gasteiger partial charge in [-0.15, -0.1) is 0 Å². The number of hydrogen-bond donors (Lipinski definition) is 1. The summed E-state index contributed by atoms with van der Waals surface area (Å²) in [6.45, 7) is 2.38. The van der Waals surface area contributed by atoms with E-state index in [4.69, 9.17) is 5.11 Å². The second kappa shape index (κ2) is 4.93. The van der Waals surface area contributed by atoms with Gasteiger partial charge in [0.2, 0.25) is 0 Å². The van der Waals surface area contributed by atoms with Gasteiger partial charge in [0, 0.05) is 25.0 Å². The van der Waals surface area contributed by atoms with Crippen molar-refractivity contribution in [3.05, 3.63) is 12.4 Å². The summed E-state index contributed by atoms with van der Waals surface area (Å²) in [6.07, 6.45) is 7.47. The highest BCUT2D eigenvalue weighted by atomic mass is 32.2. The summed E-state index contributed by atoms with van der Waals surface area (Å²) in [7, 11) is 0. The van der Waals surface area contributed by atoms with E-state index in [9.17, 15) is 4.79 Å². The van der Waals surface area contributed by atoms with Gasteiger partial charge >= 0.3 is 5.97 Å². The molecular weight excluding hydrogens is 250 g/mol. The Kier molecular flexibility index (Phi) is 3.30. The summed E-state index contributed by atoms with van der Waals surface area (Å²) in [4.78, 5) is 17.5. The van der Waals surface area contributed by atoms with Crippen molar-refractivity contribution in [2.75, 3.05) is 18.8 Å². The molecule has 0 bridgehead atoms. The van der Waals surface area contributed by atoms with Gasteiger partial charge in [0.1, 0.15) is 0 Å². The third-order valence-corrected chi connectivity index (χ3v) is 4.85. The van der Waals surface area contributed by atoms with Gasteiger partial charge < -0.3 is 9.67 Å². The number of nitrogens with zero attached hydrogens (tertiary/aromatic N) is 3. The molecule has 0 amide bonds. The largest absolute Gasteiger partial charge is 0.481 e. The number of thioether (sulfide) groups is 1. The first-order chi connectivity index (χ1) is 8.75. The zero-order valence-electron chi connectivity index (χ0n) is 10.2. The first kappa shape index (κ1) is 12.0. The van der Waals surface area contributed by atoms with Crippen LogP contribution in [-0.4, -0.2) is 50.4 Å². The maximum atomic E-state index is 10.6. The Morgan fingerprint density at radius 1 is 1.44 bits per heavy atom. The molecule has 5 nitrogen and oxygen atoms in total. The van der Waals surface area contributed by atoms with Crippen molar-refractivity contribution in [3.8, 4) is 0 Å². The zero-order valence-corrected chi connectivity index (χ0v) is 11.0. The third kappa shape index (κ3) is 2.14. The molecule has 0 saturated carbocycles. The molecule has 2 unspecified atom stereocenters. The minimum Gasteiger partial charge on any atom is -0.481 e. The van der Waals surface area contributed by atoms with Gasteiger partial charge in [-0.1, -0.05) is 11.8 Å². The van der Waals surface area contributed by atoms with Gasteiger partial charge in [-0.2, -0.15) is 0 Å². The molecule has 2 aliphatic heterocycles. The third-order valence-electron chi connectivity index (χ3n) is 3.89. The minimum absolute atomic E-state index is 0.0815. The summed E-state index contributed by atoms with van der Waals surface area (Å²) >= 11 is 1.32. The van der Waals surface area contributed by atoms with Crippen LogP contribution in [0.25, 0.3) is 0 Å². The molecule has 2 fully saturated rings. The monoisotopic (exact) mass is 267 g/mol. The van der Waals surface area contributed by atoms with Gasteiger partial charge in [-0.05, 0) is 25.8 Å². The molecule has 0 radical (unpaired) electrons.